The highest BCUT2D eigenvalue weighted by Gasteiger charge is 2.27. The molecule has 4 heteroatoms. The van der Waals surface area contributed by atoms with Crippen molar-refractivity contribution < 1.29 is 15.0 Å². The van der Waals surface area contributed by atoms with Crippen LogP contribution in [-0.2, 0) is 17.6 Å². The average Bonchev–Trinajstić information content (AvgIpc) is 2.69. The van der Waals surface area contributed by atoms with Crippen molar-refractivity contribution in [2.24, 2.45) is 5.92 Å². The number of phenolic OH excluding ortho intramolecular Hbond substituents is 1. The molecule has 0 bridgehead atoms. The Morgan fingerprint density at radius 3 is 2.31 bits per heavy atom. The molecule has 2 aromatic carbocycles. The molecule has 1 saturated heterocycles. The maximum Gasteiger partial charge on any atom is 0.226 e. The third kappa shape index (κ3) is 5.09. The van der Waals surface area contributed by atoms with Crippen LogP contribution in [0.15, 0.2) is 54.6 Å². The van der Waals surface area contributed by atoms with E-state index >= 15 is 0 Å². The van der Waals surface area contributed by atoms with E-state index in [4.69, 9.17) is 0 Å². The zero-order valence-corrected chi connectivity index (χ0v) is 15.1. The zero-order chi connectivity index (χ0) is 18.4. The molecule has 2 aromatic rings. The first-order chi connectivity index (χ1) is 12.6. The van der Waals surface area contributed by atoms with E-state index in [1.54, 1.807) is 24.3 Å². The van der Waals surface area contributed by atoms with Crippen LogP contribution in [-0.4, -0.2) is 40.2 Å². The first kappa shape index (κ1) is 18.5. The topological polar surface area (TPSA) is 60.8 Å². The lowest BCUT2D eigenvalue weighted by Crippen LogP contribution is -2.42. The molecule has 1 amide bonds. The molecule has 0 saturated carbocycles. The van der Waals surface area contributed by atoms with Gasteiger partial charge in [-0.05, 0) is 54.9 Å². The lowest BCUT2D eigenvalue weighted by Gasteiger charge is -2.34. The van der Waals surface area contributed by atoms with Crippen LogP contribution < -0.4 is 0 Å². The second-order valence-electron chi connectivity index (χ2n) is 7.15. The minimum absolute atomic E-state index is 0.118. The molecule has 4 nitrogen and oxygen atoms in total. The summed E-state index contributed by atoms with van der Waals surface area (Å²) < 4.78 is 0. The number of rotatable bonds is 6. The zero-order valence-electron chi connectivity index (χ0n) is 15.1. The number of carbonyl (C=O) groups is 1. The summed E-state index contributed by atoms with van der Waals surface area (Å²) in [6.45, 7) is 1.42. The van der Waals surface area contributed by atoms with Gasteiger partial charge in [-0.15, -0.1) is 0 Å². The van der Waals surface area contributed by atoms with Crippen molar-refractivity contribution in [2.75, 3.05) is 13.1 Å². The lowest BCUT2D eigenvalue weighted by atomic mass is 9.88. The number of aliphatic hydroxyl groups excluding tert-OH is 1. The van der Waals surface area contributed by atoms with Crippen LogP contribution in [0.3, 0.4) is 0 Å². The number of phenols is 1. The average molecular weight is 353 g/mol. The normalized spacial score (nSPS) is 16.4. The largest absolute Gasteiger partial charge is 0.508 e. The Hall–Kier alpha value is -2.33. The van der Waals surface area contributed by atoms with E-state index in [1.165, 1.54) is 5.56 Å². The van der Waals surface area contributed by atoms with Gasteiger partial charge in [0.05, 0.1) is 12.5 Å². The Kier molecular flexibility index (Phi) is 6.29. The Balaban J connectivity index is 1.43. The third-order valence-corrected chi connectivity index (χ3v) is 5.30. The summed E-state index contributed by atoms with van der Waals surface area (Å²) in [5, 5.41) is 19.8. The number of hydrogen-bond donors (Lipinski definition) is 2. The summed E-state index contributed by atoms with van der Waals surface area (Å²) in [6.07, 6.45) is 3.44. The Morgan fingerprint density at radius 2 is 1.65 bits per heavy atom. The van der Waals surface area contributed by atoms with Gasteiger partial charge in [0.2, 0.25) is 5.91 Å². The van der Waals surface area contributed by atoms with Gasteiger partial charge in [-0.25, -0.2) is 0 Å². The number of nitrogens with zero attached hydrogens (tertiary/aromatic N) is 1. The summed E-state index contributed by atoms with van der Waals surface area (Å²) >= 11 is 0. The van der Waals surface area contributed by atoms with Gasteiger partial charge < -0.3 is 15.1 Å². The Morgan fingerprint density at radius 1 is 1.00 bits per heavy atom. The predicted octanol–water partition coefficient (Wildman–Crippen LogP) is 3.17. The molecular weight excluding hydrogens is 326 g/mol. The van der Waals surface area contributed by atoms with Crippen LogP contribution in [0, 0.1) is 5.92 Å². The van der Waals surface area contributed by atoms with Gasteiger partial charge in [0, 0.05) is 13.1 Å². The molecular formula is C22H27NO3. The van der Waals surface area contributed by atoms with E-state index in [9.17, 15) is 15.0 Å². The second-order valence-corrected chi connectivity index (χ2v) is 7.15. The van der Waals surface area contributed by atoms with Crippen molar-refractivity contribution in [1.82, 2.24) is 4.90 Å². The fourth-order valence-electron chi connectivity index (χ4n) is 3.63. The van der Waals surface area contributed by atoms with Gasteiger partial charge in [0.1, 0.15) is 5.75 Å². The molecule has 138 valence electrons. The number of aliphatic hydroxyl groups is 1. The molecule has 0 aromatic heterocycles. The minimum atomic E-state index is -0.301. The third-order valence-electron chi connectivity index (χ3n) is 5.30. The van der Waals surface area contributed by atoms with Crippen molar-refractivity contribution in [1.29, 1.82) is 0 Å². The van der Waals surface area contributed by atoms with Crippen molar-refractivity contribution >= 4 is 5.91 Å². The Bertz CT molecular complexity index is 691. The van der Waals surface area contributed by atoms with Crippen LogP contribution in [0.5, 0.6) is 5.75 Å². The van der Waals surface area contributed by atoms with E-state index in [-0.39, 0.29) is 23.7 Å². The fourth-order valence-corrected chi connectivity index (χ4v) is 3.63. The summed E-state index contributed by atoms with van der Waals surface area (Å²) in [7, 11) is 0. The highest BCUT2D eigenvalue weighted by Crippen LogP contribution is 2.24. The predicted molar refractivity (Wildman–Crippen MR) is 102 cm³/mol. The van der Waals surface area contributed by atoms with Gasteiger partial charge in [-0.2, -0.15) is 0 Å². The van der Waals surface area contributed by atoms with Crippen molar-refractivity contribution in [3.05, 3.63) is 65.7 Å². The molecule has 0 radical (unpaired) electrons. The SMILES string of the molecule is O=C(Cc1ccc(O)cc1)N1CCC([C@@H](O)CCc2ccccc2)CC1. The molecule has 1 fully saturated rings. The first-order valence-electron chi connectivity index (χ1n) is 9.39. The number of amides is 1. The van der Waals surface area contributed by atoms with Gasteiger partial charge in [0.25, 0.3) is 0 Å². The fraction of sp³-hybridized carbons (Fsp3) is 0.409. The molecule has 2 N–H and O–H groups in total. The highest BCUT2D eigenvalue weighted by atomic mass is 16.3. The summed E-state index contributed by atoms with van der Waals surface area (Å²) in [4.78, 5) is 14.3. The van der Waals surface area contributed by atoms with E-state index in [2.05, 4.69) is 12.1 Å². The van der Waals surface area contributed by atoms with Crippen LogP contribution >= 0.6 is 0 Å². The number of carbonyl (C=O) groups excluding carboxylic acids is 1. The molecule has 0 aliphatic carbocycles. The van der Waals surface area contributed by atoms with Gasteiger partial charge in [-0.1, -0.05) is 42.5 Å². The first-order valence-corrected chi connectivity index (χ1v) is 9.39. The molecule has 1 aliphatic rings. The van der Waals surface area contributed by atoms with E-state index in [0.717, 1.165) is 31.2 Å². The molecule has 26 heavy (non-hydrogen) atoms. The van der Waals surface area contributed by atoms with Crippen molar-refractivity contribution in [3.63, 3.8) is 0 Å². The highest BCUT2D eigenvalue weighted by molar-refractivity contribution is 5.78. The van der Waals surface area contributed by atoms with Crippen LogP contribution in [0.25, 0.3) is 0 Å². The number of hydrogen-bond acceptors (Lipinski definition) is 3. The quantitative estimate of drug-likeness (QED) is 0.839. The smallest absolute Gasteiger partial charge is 0.226 e. The second kappa shape index (κ2) is 8.86. The van der Waals surface area contributed by atoms with Crippen LogP contribution in [0.2, 0.25) is 0 Å². The standard InChI is InChI=1S/C22H27NO3/c24-20-9-6-18(7-10-20)16-22(26)23-14-12-19(13-15-23)21(25)11-8-17-4-2-1-3-5-17/h1-7,9-10,19,21,24-25H,8,11-16H2/t21-/m0/s1. The van der Waals surface area contributed by atoms with Crippen LogP contribution in [0.1, 0.15) is 30.4 Å². The van der Waals surface area contributed by atoms with Gasteiger partial charge >= 0.3 is 0 Å². The molecule has 1 heterocycles. The summed E-state index contributed by atoms with van der Waals surface area (Å²) in [6, 6.07) is 17.0. The van der Waals surface area contributed by atoms with Crippen molar-refractivity contribution in [3.8, 4) is 5.75 Å². The summed E-state index contributed by atoms with van der Waals surface area (Å²) in [5.41, 5.74) is 2.17. The molecule has 1 aliphatic heterocycles. The lowest BCUT2D eigenvalue weighted by molar-refractivity contribution is -0.132. The molecule has 0 spiro atoms. The Labute approximate surface area is 155 Å². The maximum atomic E-state index is 12.4. The number of aryl methyl sites for hydroxylation is 1. The van der Waals surface area contributed by atoms with E-state index in [1.807, 2.05) is 23.1 Å². The number of piperidine rings is 1. The maximum absolute atomic E-state index is 12.4. The molecule has 3 rings (SSSR count). The number of benzene rings is 2. The number of aromatic hydroxyl groups is 1. The molecule has 1 atom stereocenters. The molecule has 0 unspecified atom stereocenters. The van der Waals surface area contributed by atoms with Crippen LogP contribution in [0.4, 0.5) is 0 Å². The van der Waals surface area contributed by atoms with Crippen molar-refractivity contribution in [2.45, 2.75) is 38.2 Å². The van der Waals surface area contributed by atoms with Gasteiger partial charge in [0.15, 0.2) is 0 Å². The van der Waals surface area contributed by atoms with Gasteiger partial charge in [-0.3, -0.25) is 4.79 Å². The number of likely N-dealkylation sites (tertiary alicyclic amines) is 1. The van der Waals surface area contributed by atoms with E-state index < -0.39 is 0 Å². The minimum Gasteiger partial charge on any atom is -0.508 e. The summed E-state index contributed by atoms with van der Waals surface area (Å²) in [5.74, 6) is 0.607. The monoisotopic (exact) mass is 353 g/mol. The van der Waals surface area contributed by atoms with E-state index in [0.29, 0.717) is 19.5 Å².